The van der Waals surface area contributed by atoms with Gasteiger partial charge in [-0.25, -0.2) is 16.8 Å². The topological polar surface area (TPSA) is 107 Å². The molecule has 0 fully saturated rings. The highest BCUT2D eigenvalue weighted by molar-refractivity contribution is 8.10. The summed E-state index contributed by atoms with van der Waals surface area (Å²) in [5, 5.41) is -1.03. The van der Waals surface area contributed by atoms with Gasteiger partial charge in [0.25, 0.3) is 20.0 Å². The molecule has 12 heteroatoms. The van der Waals surface area contributed by atoms with Crippen LogP contribution in [-0.2, 0) is 20.0 Å². The molecule has 0 unspecified atom stereocenters. The standard InChI is InChI=1S/C17H13Cl2N3O5S2/c1-27-17-20-15(18)14(16(19)21-17)22(28(23,24)12-8-4-2-5-9-12)29(25,26)13-10-6-3-7-11-13/h2-11H,1H3. The number of hydrogen-bond donors (Lipinski definition) is 0. The first-order valence-corrected chi connectivity index (χ1v) is 11.5. The van der Waals surface area contributed by atoms with Crippen LogP contribution in [0.4, 0.5) is 5.69 Å². The van der Waals surface area contributed by atoms with Crippen molar-refractivity contribution in [2.24, 2.45) is 0 Å². The molecule has 3 rings (SSSR count). The van der Waals surface area contributed by atoms with Gasteiger partial charge in [-0.3, -0.25) is 0 Å². The highest BCUT2D eigenvalue weighted by Gasteiger charge is 2.40. The van der Waals surface area contributed by atoms with Crippen LogP contribution in [0.25, 0.3) is 0 Å². The molecule has 0 saturated heterocycles. The Morgan fingerprint density at radius 1 is 0.759 bits per heavy atom. The number of benzene rings is 2. The first-order chi connectivity index (χ1) is 13.7. The zero-order chi connectivity index (χ0) is 21.2. The zero-order valence-corrected chi connectivity index (χ0v) is 17.9. The largest absolute Gasteiger partial charge is 0.467 e. The quantitative estimate of drug-likeness (QED) is 0.504. The number of halogens is 2. The second kappa shape index (κ2) is 8.15. The maximum Gasteiger partial charge on any atom is 0.319 e. The molecular weight excluding hydrogens is 461 g/mol. The molecule has 0 N–H and O–H groups in total. The molecule has 2 aromatic carbocycles. The number of rotatable bonds is 6. The van der Waals surface area contributed by atoms with Gasteiger partial charge in [0.2, 0.25) is 0 Å². The summed E-state index contributed by atoms with van der Waals surface area (Å²) in [4.78, 5) is 6.95. The van der Waals surface area contributed by atoms with Crippen LogP contribution >= 0.6 is 23.2 Å². The fourth-order valence-corrected chi connectivity index (χ4v) is 6.87. The van der Waals surface area contributed by atoms with Gasteiger partial charge < -0.3 is 4.74 Å². The van der Waals surface area contributed by atoms with E-state index < -0.39 is 36.0 Å². The van der Waals surface area contributed by atoms with E-state index in [1.54, 1.807) is 12.1 Å². The molecule has 1 aromatic heterocycles. The van der Waals surface area contributed by atoms with E-state index in [1.165, 1.54) is 55.6 Å². The average molecular weight is 474 g/mol. The molecule has 0 radical (unpaired) electrons. The van der Waals surface area contributed by atoms with Gasteiger partial charge in [-0.15, -0.1) is 3.71 Å². The van der Waals surface area contributed by atoms with Crippen molar-refractivity contribution in [3.8, 4) is 6.01 Å². The second-order valence-electron chi connectivity index (χ2n) is 5.47. The summed E-state index contributed by atoms with van der Waals surface area (Å²) in [6.45, 7) is 0. The van der Waals surface area contributed by atoms with Gasteiger partial charge in [-0.2, -0.15) is 9.97 Å². The van der Waals surface area contributed by atoms with Crippen molar-refractivity contribution in [3.05, 3.63) is 71.0 Å². The minimum atomic E-state index is -4.67. The maximum absolute atomic E-state index is 13.4. The molecule has 0 aliphatic rings. The van der Waals surface area contributed by atoms with Crippen molar-refractivity contribution in [1.29, 1.82) is 0 Å². The third-order valence-electron chi connectivity index (χ3n) is 3.66. The van der Waals surface area contributed by atoms with Gasteiger partial charge in [0, 0.05) is 0 Å². The van der Waals surface area contributed by atoms with Crippen LogP contribution in [0.5, 0.6) is 6.01 Å². The van der Waals surface area contributed by atoms with E-state index in [4.69, 9.17) is 27.9 Å². The Bertz CT molecular complexity index is 1150. The molecule has 3 aromatic rings. The first kappa shape index (κ1) is 21.3. The lowest BCUT2D eigenvalue weighted by Gasteiger charge is -2.25. The zero-order valence-electron chi connectivity index (χ0n) is 14.7. The third kappa shape index (κ3) is 4.01. The van der Waals surface area contributed by atoms with Crippen LogP contribution in [-0.4, -0.2) is 33.9 Å². The predicted octanol–water partition coefficient (Wildman–Crippen LogP) is 3.38. The maximum atomic E-state index is 13.4. The molecule has 29 heavy (non-hydrogen) atoms. The van der Waals surface area contributed by atoms with Crippen molar-refractivity contribution in [3.63, 3.8) is 0 Å². The molecule has 0 atom stereocenters. The lowest BCUT2D eigenvalue weighted by molar-refractivity contribution is 0.380. The van der Waals surface area contributed by atoms with Crippen LogP contribution in [0.1, 0.15) is 0 Å². The summed E-state index contributed by atoms with van der Waals surface area (Å²) in [5.74, 6) is 0. The highest BCUT2D eigenvalue weighted by atomic mass is 35.5. The summed E-state index contributed by atoms with van der Waals surface area (Å²) >= 11 is 12.2. The minimum absolute atomic E-state index is 0.134. The fourth-order valence-electron chi connectivity index (χ4n) is 2.37. The monoisotopic (exact) mass is 473 g/mol. The predicted molar refractivity (Wildman–Crippen MR) is 108 cm³/mol. The van der Waals surface area contributed by atoms with Crippen LogP contribution < -0.4 is 8.45 Å². The van der Waals surface area contributed by atoms with E-state index in [0.29, 0.717) is 0 Å². The van der Waals surface area contributed by atoms with Crippen molar-refractivity contribution >= 4 is 48.9 Å². The average Bonchev–Trinajstić information content (AvgIpc) is 2.71. The highest BCUT2D eigenvalue weighted by Crippen LogP contribution is 2.39. The van der Waals surface area contributed by atoms with Crippen LogP contribution in [0.3, 0.4) is 0 Å². The smallest absolute Gasteiger partial charge is 0.319 e. The molecule has 1 heterocycles. The second-order valence-corrected chi connectivity index (χ2v) is 9.99. The number of methoxy groups -OCH3 is 1. The molecular formula is C17H13Cl2N3O5S2. The Labute approximate surface area is 177 Å². The molecule has 8 nitrogen and oxygen atoms in total. The van der Waals surface area contributed by atoms with Gasteiger partial charge in [-0.1, -0.05) is 59.6 Å². The Morgan fingerprint density at radius 2 is 1.14 bits per heavy atom. The summed E-state index contributed by atoms with van der Waals surface area (Å²) in [6, 6.07) is 13.7. The number of anilines is 1. The summed E-state index contributed by atoms with van der Waals surface area (Å²) in [7, 11) is -8.09. The van der Waals surface area contributed by atoms with Crippen LogP contribution in [0.2, 0.25) is 10.3 Å². The van der Waals surface area contributed by atoms with E-state index >= 15 is 0 Å². The van der Waals surface area contributed by atoms with Gasteiger partial charge in [0.15, 0.2) is 10.3 Å². The third-order valence-corrected chi connectivity index (χ3v) is 8.34. The Morgan fingerprint density at radius 3 is 1.48 bits per heavy atom. The van der Waals surface area contributed by atoms with E-state index in [2.05, 4.69) is 9.97 Å². The summed E-state index contributed by atoms with van der Waals surface area (Å²) in [5.41, 5.74) is -0.609. The van der Waals surface area contributed by atoms with Crippen LogP contribution in [0, 0.1) is 0 Å². The van der Waals surface area contributed by atoms with E-state index in [0.717, 1.165) is 0 Å². The summed E-state index contributed by atoms with van der Waals surface area (Å²) < 4.78 is 58.4. The van der Waals surface area contributed by atoms with Crippen molar-refractivity contribution in [2.45, 2.75) is 9.79 Å². The van der Waals surface area contributed by atoms with E-state index in [1.807, 2.05) is 0 Å². The number of aromatic nitrogens is 2. The number of sulfonamides is 2. The van der Waals surface area contributed by atoms with Gasteiger partial charge in [-0.05, 0) is 24.3 Å². The van der Waals surface area contributed by atoms with E-state index in [-0.39, 0.29) is 19.5 Å². The van der Waals surface area contributed by atoms with Gasteiger partial charge in [0.05, 0.1) is 16.9 Å². The fraction of sp³-hybridized carbons (Fsp3) is 0.0588. The van der Waals surface area contributed by atoms with Crippen LogP contribution in [0.15, 0.2) is 70.5 Å². The Kier molecular flexibility index (Phi) is 5.99. The van der Waals surface area contributed by atoms with E-state index in [9.17, 15) is 16.8 Å². The number of hydrogen-bond acceptors (Lipinski definition) is 7. The minimum Gasteiger partial charge on any atom is -0.467 e. The molecule has 0 bridgehead atoms. The van der Waals surface area contributed by atoms with Crippen molar-refractivity contribution < 1.29 is 21.6 Å². The SMILES string of the molecule is COc1nc(Cl)c(N(S(=O)(=O)c2ccccc2)S(=O)(=O)c2ccccc2)c(Cl)n1. The molecule has 0 spiro atoms. The summed E-state index contributed by atoms with van der Waals surface area (Å²) in [6.07, 6.45) is 0. The first-order valence-electron chi connectivity index (χ1n) is 7.87. The normalized spacial score (nSPS) is 11.8. The van der Waals surface area contributed by atoms with Gasteiger partial charge in [0.1, 0.15) is 5.69 Å². The molecule has 0 saturated carbocycles. The molecule has 0 amide bonds. The Balaban J connectivity index is 2.36. The number of nitrogens with zero attached hydrogens (tertiary/aromatic N) is 3. The molecule has 152 valence electrons. The Hall–Kier alpha value is -2.40. The van der Waals surface area contributed by atoms with Gasteiger partial charge >= 0.3 is 6.01 Å². The lowest BCUT2D eigenvalue weighted by Crippen LogP contribution is -2.37. The lowest BCUT2D eigenvalue weighted by atomic mass is 10.4. The van der Waals surface area contributed by atoms with Crippen molar-refractivity contribution in [2.75, 3.05) is 10.8 Å². The number of ether oxygens (including phenoxy) is 1. The molecule has 0 aliphatic heterocycles. The molecule has 0 aliphatic carbocycles. The van der Waals surface area contributed by atoms with Crippen molar-refractivity contribution in [1.82, 2.24) is 9.97 Å².